The molecule has 0 aliphatic heterocycles. The van der Waals surface area contributed by atoms with Crippen LogP contribution in [0.3, 0.4) is 0 Å². The summed E-state index contributed by atoms with van der Waals surface area (Å²) >= 11 is 5.65. The maximum Gasteiger partial charge on any atom is 0.417 e. The normalized spacial score (nSPS) is 11.5. The molecule has 2 heterocycles. The quantitative estimate of drug-likeness (QED) is 0.342. The van der Waals surface area contributed by atoms with E-state index >= 15 is 0 Å². The van der Waals surface area contributed by atoms with Gasteiger partial charge >= 0.3 is 6.18 Å². The van der Waals surface area contributed by atoms with E-state index in [2.05, 4.69) is 10.1 Å². The van der Waals surface area contributed by atoms with Crippen molar-refractivity contribution in [3.8, 4) is 22.6 Å². The highest BCUT2D eigenvalue weighted by Gasteiger charge is 2.33. The Labute approximate surface area is 204 Å². The van der Waals surface area contributed by atoms with E-state index in [0.29, 0.717) is 17.1 Å². The maximum atomic E-state index is 13.1. The summed E-state index contributed by atoms with van der Waals surface area (Å²) in [5.41, 5.74) is 7.53. The van der Waals surface area contributed by atoms with Crippen molar-refractivity contribution in [2.75, 3.05) is 5.73 Å². The van der Waals surface area contributed by atoms with Crippen molar-refractivity contribution >= 4 is 23.2 Å². The molecule has 0 saturated carbocycles. The number of alkyl halides is 3. The van der Waals surface area contributed by atoms with Crippen LogP contribution in [0.5, 0.6) is 11.5 Å². The predicted molar refractivity (Wildman–Crippen MR) is 126 cm³/mol. The van der Waals surface area contributed by atoms with E-state index in [1.165, 1.54) is 6.07 Å². The van der Waals surface area contributed by atoms with Crippen LogP contribution in [0.25, 0.3) is 11.1 Å². The highest BCUT2D eigenvalue weighted by molar-refractivity contribution is 6.31. The van der Waals surface area contributed by atoms with Gasteiger partial charge in [0.1, 0.15) is 11.5 Å². The minimum absolute atomic E-state index is 0.0185. The lowest BCUT2D eigenvalue weighted by Crippen LogP contribution is -2.10. The van der Waals surface area contributed by atoms with Gasteiger partial charge in [0.25, 0.3) is 0 Å². The summed E-state index contributed by atoms with van der Waals surface area (Å²) in [5, 5.41) is 3.74. The van der Waals surface area contributed by atoms with Crippen molar-refractivity contribution in [2.24, 2.45) is 7.05 Å². The molecule has 180 valence electrons. The number of carbonyl (C=O) groups is 1. The van der Waals surface area contributed by atoms with Crippen molar-refractivity contribution in [3.05, 3.63) is 88.8 Å². The number of halogens is 4. The molecule has 0 aliphatic rings. The van der Waals surface area contributed by atoms with Gasteiger partial charge in [-0.05, 0) is 41.5 Å². The minimum Gasteiger partial charge on any atom is -0.453 e. The van der Waals surface area contributed by atoms with Gasteiger partial charge in [0.2, 0.25) is 0 Å². The number of nitrogens with two attached hydrogens (primary N) is 1. The van der Waals surface area contributed by atoms with Gasteiger partial charge in [-0.15, -0.1) is 0 Å². The number of hydrogen-bond acceptors (Lipinski definition) is 5. The molecule has 0 bridgehead atoms. The van der Waals surface area contributed by atoms with E-state index in [0.717, 1.165) is 23.3 Å². The summed E-state index contributed by atoms with van der Waals surface area (Å²) in [4.78, 5) is 16.7. The van der Waals surface area contributed by atoms with Crippen molar-refractivity contribution in [3.63, 3.8) is 0 Å². The Hall–Kier alpha value is -3.85. The van der Waals surface area contributed by atoms with Gasteiger partial charge in [-0.1, -0.05) is 29.8 Å². The zero-order valence-corrected chi connectivity index (χ0v) is 19.3. The van der Waals surface area contributed by atoms with Crippen molar-refractivity contribution in [1.82, 2.24) is 14.8 Å². The number of aromatic nitrogens is 3. The summed E-state index contributed by atoms with van der Waals surface area (Å²) in [7, 11) is 1.81. The fourth-order valence-corrected chi connectivity index (χ4v) is 3.75. The molecule has 2 aromatic carbocycles. The average Bonchev–Trinajstić information content (AvgIpc) is 3.22. The van der Waals surface area contributed by atoms with Gasteiger partial charge in [0.05, 0.1) is 16.8 Å². The molecule has 10 heteroatoms. The highest BCUT2D eigenvalue weighted by atomic mass is 35.5. The number of ketones is 1. The van der Waals surface area contributed by atoms with Crippen LogP contribution in [-0.2, 0) is 30.9 Å². The monoisotopic (exact) mass is 500 g/mol. The second-order valence-electron chi connectivity index (χ2n) is 7.96. The first kappa shape index (κ1) is 24.3. The SMILES string of the molecule is Cn1cc(-c2cnc(N)c(Oc3cccc(CC(=O)Cc4ccc(Cl)c(C(F)(F)F)c4)c3)c2)cn1. The number of carbonyl (C=O) groups excluding carboxylic acids is 1. The highest BCUT2D eigenvalue weighted by Crippen LogP contribution is 2.35. The summed E-state index contributed by atoms with van der Waals surface area (Å²) in [6, 6.07) is 12.1. The molecule has 4 aromatic rings. The number of aryl methyl sites for hydroxylation is 1. The number of benzene rings is 2. The van der Waals surface area contributed by atoms with Gasteiger partial charge in [0, 0.05) is 43.4 Å². The Balaban J connectivity index is 1.47. The van der Waals surface area contributed by atoms with E-state index in [-0.39, 0.29) is 30.0 Å². The number of nitrogens with zero attached hydrogens (tertiary/aromatic N) is 3. The molecular weight excluding hydrogens is 481 g/mol. The van der Waals surface area contributed by atoms with E-state index in [1.807, 2.05) is 6.20 Å². The molecule has 0 saturated heterocycles. The lowest BCUT2D eigenvalue weighted by atomic mass is 10.0. The molecule has 0 amide bonds. The number of ether oxygens (including phenoxy) is 1. The fraction of sp³-hybridized carbons (Fsp3) is 0.160. The van der Waals surface area contributed by atoms with Gasteiger partial charge in [0.15, 0.2) is 11.6 Å². The molecule has 0 atom stereocenters. The summed E-state index contributed by atoms with van der Waals surface area (Å²) in [6.45, 7) is 0. The summed E-state index contributed by atoms with van der Waals surface area (Å²) in [6.07, 6.45) is 0.422. The number of hydrogen-bond donors (Lipinski definition) is 1. The molecule has 0 spiro atoms. The number of rotatable bonds is 7. The number of nitrogen functional groups attached to an aromatic ring is 1. The molecule has 35 heavy (non-hydrogen) atoms. The van der Waals surface area contributed by atoms with E-state index in [1.54, 1.807) is 54.5 Å². The first-order valence-electron chi connectivity index (χ1n) is 10.5. The first-order valence-corrected chi connectivity index (χ1v) is 10.8. The third kappa shape index (κ3) is 5.99. The molecule has 2 N–H and O–H groups in total. The molecule has 0 fully saturated rings. The van der Waals surface area contributed by atoms with Crippen molar-refractivity contribution in [1.29, 1.82) is 0 Å². The molecule has 0 aliphatic carbocycles. The van der Waals surface area contributed by atoms with Crippen LogP contribution < -0.4 is 10.5 Å². The fourth-order valence-electron chi connectivity index (χ4n) is 3.53. The van der Waals surface area contributed by atoms with E-state index < -0.39 is 16.8 Å². The summed E-state index contributed by atoms with van der Waals surface area (Å²) in [5.74, 6) is 0.730. The van der Waals surface area contributed by atoms with E-state index in [4.69, 9.17) is 22.1 Å². The topological polar surface area (TPSA) is 83.0 Å². The Kier molecular flexibility index (Phi) is 6.79. The minimum atomic E-state index is -4.59. The number of Topliss-reactive ketones (excluding diaryl/α,β-unsaturated/α-hetero) is 1. The van der Waals surface area contributed by atoms with Crippen LogP contribution in [-0.4, -0.2) is 20.5 Å². The van der Waals surface area contributed by atoms with Crippen LogP contribution in [0, 0.1) is 0 Å². The van der Waals surface area contributed by atoms with Crippen LogP contribution in [0.15, 0.2) is 67.1 Å². The lowest BCUT2D eigenvalue weighted by Gasteiger charge is -2.11. The van der Waals surface area contributed by atoms with Gasteiger partial charge in [-0.2, -0.15) is 18.3 Å². The Morgan fingerprint density at radius 1 is 1.06 bits per heavy atom. The average molecular weight is 501 g/mol. The standard InChI is InChI=1S/C25H20ClF3N4O2/c1-33-14-18(13-32-33)17-11-23(24(30)31-12-17)35-20-4-2-3-15(9-20)7-19(34)8-16-5-6-22(26)21(10-16)25(27,28)29/h2-6,9-14H,7-8H2,1H3,(H2,30,31). The maximum absolute atomic E-state index is 13.1. The first-order chi connectivity index (χ1) is 16.6. The second kappa shape index (κ2) is 9.79. The number of anilines is 1. The molecule has 2 aromatic heterocycles. The Bertz CT molecular complexity index is 1390. The zero-order chi connectivity index (χ0) is 25.2. The Morgan fingerprint density at radius 3 is 2.49 bits per heavy atom. The molecule has 4 rings (SSSR count). The lowest BCUT2D eigenvalue weighted by molar-refractivity contribution is -0.137. The Morgan fingerprint density at radius 2 is 1.80 bits per heavy atom. The van der Waals surface area contributed by atoms with Gasteiger partial charge in [-0.3, -0.25) is 9.48 Å². The van der Waals surface area contributed by atoms with Gasteiger partial charge in [-0.25, -0.2) is 4.98 Å². The predicted octanol–water partition coefficient (Wildman–Crippen LogP) is 5.88. The second-order valence-corrected chi connectivity index (χ2v) is 8.37. The largest absolute Gasteiger partial charge is 0.453 e. The third-order valence-electron chi connectivity index (χ3n) is 5.18. The smallest absolute Gasteiger partial charge is 0.417 e. The van der Waals surface area contributed by atoms with Crippen LogP contribution in [0.1, 0.15) is 16.7 Å². The molecule has 6 nitrogen and oxygen atoms in total. The van der Waals surface area contributed by atoms with Crippen LogP contribution >= 0.6 is 11.6 Å². The molecule has 0 unspecified atom stereocenters. The van der Waals surface area contributed by atoms with Crippen molar-refractivity contribution in [2.45, 2.75) is 19.0 Å². The molecular formula is C25H20ClF3N4O2. The zero-order valence-electron chi connectivity index (χ0n) is 18.5. The van der Waals surface area contributed by atoms with Crippen LogP contribution in [0.4, 0.5) is 19.0 Å². The van der Waals surface area contributed by atoms with Crippen molar-refractivity contribution < 1.29 is 22.7 Å². The third-order valence-corrected chi connectivity index (χ3v) is 5.51. The van der Waals surface area contributed by atoms with Crippen LogP contribution in [0.2, 0.25) is 5.02 Å². The molecule has 0 radical (unpaired) electrons. The van der Waals surface area contributed by atoms with E-state index in [9.17, 15) is 18.0 Å². The number of pyridine rings is 1. The summed E-state index contributed by atoms with van der Waals surface area (Å²) < 4.78 is 46.8. The van der Waals surface area contributed by atoms with Gasteiger partial charge < -0.3 is 10.5 Å².